The quantitative estimate of drug-likeness (QED) is 0.654. The molecule has 2 heterocycles. The molecule has 0 aromatic heterocycles. The van der Waals surface area contributed by atoms with Gasteiger partial charge >= 0.3 is 12.1 Å². The number of halogens is 1. The Balaban J connectivity index is 1.36. The largest absolute Gasteiger partial charge is 0.427 e. The molecule has 2 aromatic carbocycles. The summed E-state index contributed by atoms with van der Waals surface area (Å²) in [5.74, 6) is -1.25. The smallest absolute Gasteiger partial charge is 0.418 e. The second kappa shape index (κ2) is 9.17. The number of ether oxygens (including phenoxy) is 1. The predicted octanol–water partition coefficient (Wildman–Crippen LogP) is 3.76. The number of hydrogen-bond donors (Lipinski definition) is 2. The Hall–Kier alpha value is -3.95. The summed E-state index contributed by atoms with van der Waals surface area (Å²) in [4.78, 5) is 54.2. The Bertz CT molecular complexity index is 1310. The van der Waals surface area contributed by atoms with Gasteiger partial charge in [-0.3, -0.25) is 9.59 Å². The maximum Gasteiger partial charge on any atom is 0.418 e. The number of likely N-dealkylation sites (tertiary alicyclic amines) is 1. The lowest BCUT2D eigenvalue weighted by molar-refractivity contribution is -0.143. The molecule has 10 heteroatoms. The molecule has 2 N–H and O–H groups in total. The van der Waals surface area contributed by atoms with Crippen molar-refractivity contribution in [2.75, 3.05) is 18.9 Å². The van der Waals surface area contributed by atoms with Gasteiger partial charge in [0.2, 0.25) is 11.5 Å². The van der Waals surface area contributed by atoms with E-state index in [4.69, 9.17) is 4.74 Å². The minimum atomic E-state index is -1.47. The fourth-order valence-corrected chi connectivity index (χ4v) is 5.86. The molecule has 0 saturated carbocycles. The van der Waals surface area contributed by atoms with Crippen molar-refractivity contribution in [3.05, 3.63) is 64.5 Å². The van der Waals surface area contributed by atoms with Gasteiger partial charge in [0.15, 0.2) is 0 Å². The molecule has 0 radical (unpaired) electrons. The van der Waals surface area contributed by atoms with Gasteiger partial charge in [0.1, 0.15) is 12.4 Å². The van der Waals surface area contributed by atoms with Crippen LogP contribution in [0.25, 0.3) is 0 Å². The van der Waals surface area contributed by atoms with Crippen LogP contribution < -0.4 is 10.6 Å². The minimum absolute atomic E-state index is 0.0944. The van der Waals surface area contributed by atoms with Gasteiger partial charge in [0, 0.05) is 30.8 Å². The van der Waals surface area contributed by atoms with Crippen LogP contribution in [0.1, 0.15) is 54.5 Å². The van der Waals surface area contributed by atoms with E-state index in [1.165, 1.54) is 19.2 Å². The van der Waals surface area contributed by atoms with E-state index in [1.807, 2.05) is 13.8 Å². The molecule has 2 saturated heterocycles. The van der Waals surface area contributed by atoms with Crippen LogP contribution in [0.15, 0.2) is 36.4 Å². The molecule has 5 amide bonds. The average Bonchev–Trinajstić information content (AvgIpc) is 3.49. The third-order valence-corrected chi connectivity index (χ3v) is 7.68. The van der Waals surface area contributed by atoms with Crippen LogP contribution in [-0.4, -0.2) is 53.4 Å². The van der Waals surface area contributed by atoms with Gasteiger partial charge in [0.05, 0.1) is 6.04 Å². The summed E-state index contributed by atoms with van der Waals surface area (Å²) >= 11 is 0. The van der Waals surface area contributed by atoms with Gasteiger partial charge in [-0.05, 0) is 74.1 Å². The molecule has 3 aliphatic rings. The van der Waals surface area contributed by atoms with E-state index in [9.17, 15) is 23.6 Å². The van der Waals surface area contributed by atoms with Crippen molar-refractivity contribution in [1.29, 1.82) is 0 Å². The Labute approximate surface area is 213 Å². The maximum absolute atomic E-state index is 13.7. The third-order valence-electron chi connectivity index (χ3n) is 7.68. The number of fused-ring (bicyclic) bond motifs is 2. The number of hydrogen-bond acceptors (Lipinski definition) is 5. The van der Waals surface area contributed by atoms with Gasteiger partial charge in [-0.2, -0.15) is 0 Å². The van der Waals surface area contributed by atoms with Crippen molar-refractivity contribution >= 4 is 29.6 Å². The molecule has 2 fully saturated rings. The van der Waals surface area contributed by atoms with Gasteiger partial charge in [-0.1, -0.05) is 12.1 Å². The monoisotopic (exact) mass is 508 g/mol. The van der Waals surface area contributed by atoms with Crippen molar-refractivity contribution in [2.45, 2.75) is 57.2 Å². The van der Waals surface area contributed by atoms with Crippen molar-refractivity contribution < 1.29 is 28.3 Å². The van der Waals surface area contributed by atoms with E-state index >= 15 is 0 Å². The number of amides is 5. The number of carbonyl (C=O) groups is 4. The zero-order valence-corrected chi connectivity index (χ0v) is 21.0. The number of nitrogens with zero attached hydrogens (tertiary/aromatic N) is 2. The highest BCUT2D eigenvalue weighted by Crippen LogP contribution is 2.46. The van der Waals surface area contributed by atoms with Crippen LogP contribution in [0, 0.1) is 12.7 Å². The zero-order valence-electron chi connectivity index (χ0n) is 21.0. The molecule has 1 spiro atoms. The van der Waals surface area contributed by atoms with Crippen LogP contribution in [0.5, 0.6) is 0 Å². The van der Waals surface area contributed by atoms with Crippen molar-refractivity contribution in [3.63, 3.8) is 0 Å². The molecule has 2 aliphatic heterocycles. The maximum atomic E-state index is 13.7. The Kier molecular flexibility index (Phi) is 6.13. The molecule has 194 valence electrons. The Morgan fingerprint density at radius 3 is 2.68 bits per heavy atom. The summed E-state index contributed by atoms with van der Waals surface area (Å²) in [7, 11) is 1.51. The normalized spacial score (nSPS) is 24.4. The van der Waals surface area contributed by atoms with Gasteiger partial charge in [-0.15, -0.1) is 0 Å². The van der Waals surface area contributed by atoms with E-state index in [-0.39, 0.29) is 36.3 Å². The highest BCUT2D eigenvalue weighted by molar-refractivity contribution is 6.06. The predicted molar refractivity (Wildman–Crippen MR) is 132 cm³/mol. The first-order valence-corrected chi connectivity index (χ1v) is 12.4. The van der Waals surface area contributed by atoms with E-state index < -0.39 is 24.1 Å². The summed E-state index contributed by atoms with van der Waals surface area (Å²) in [5.41, 5.74) is 2.06. The lowest BCUT2D eigenvalue weighted by atomic mass is 9.94. The molecular weight excluding hydrogens is 479 g/mol. The van der Waals surface area contributed by atoms with E-state index in [0.717, 1.165) is 28.0 Å². The summed E-state index contributed by atoms with van der Waals surface area (Å²) in [6.07, 6.45) is 1.37. The average molecular weight is 509 g/mol. The number of imide groups is 1. The molecule has 0 unspecified atom stereocenters. The number of rotatable bonds is 4. The van der Waals surface area contributed by atoms with Gasteiger partial charge < -0.3 is 20.3 Å². The number of benzene rings is 2. The number of carbonyl (C=O) groups excluding carboxylic acids is 4. The fourth-order valence-electron chi connectivity index (χ4n) is 5.86. The molecular formula is C27H29FN4O5. The fraction of sp³-hybridized carbons (Fsp3) is 0.407. The van der Waals surface area contributed by atoms with Crippen LogP contribution >= 0.6 is 0 Å². The first kappa shape index (κ1) is 24.7. The highest BCUT2D eigenvalue weighted by atomic mass is 19.1. The Morgan fingerprint density at radius 1 is 1.16 bits per heavy atom. The van der Waals surface area contributed by atoms with Crippen LogP contribution in [0.4, 0.5) is 19.7 Å². The lowest BCUT2D eigenvalue weighted by Gasteiger charge is -2.31. The standard InChI is InChI=1S/C27H29FN4O5/c1-15-12-18(28)5-7-20(15)22-9-4-16(2)32(22)23(33)14-31-24(34)27(37-26(31)36)11-10-17-13-19(6-8-21(17)27)30-25(35)29-3/h5-8,12-13,16,22H,4,9-11,14H2,1-3H3,(H2,29,30,35)/t16-,22-,27-/m1/s1. The second-order valence-corrected chi connectivity index (χ2v) is 9.91. The lowest BCUT2D eigenvalue weighted by Crippen LogP contribution is -2.46. The number of urea groups is 1. The second-order valence-electron chi connectivity index (χ2n) is 9.91. The first-order chi connectivity index (χ1) is 17.6. The van der Waals surface area contributed by atoms with Crippen molar-refractivity contribution in [1.82, 2.24) is 15.1 Å². The summed E-state index contributed by atoms with van der Waals surface area (Å²) in [6.45, 7) is 3.31. The van der Waals surface area contributed by atoms with Gasteiger partial charge in [-0.25, -0.2) is 18.9 Å². The molecule has 0 bridgehead atoms. The molecule has 37 heavy (non-hydrogen) atoms. The van der Waals surface area contributed by atoms with Crippen LogP contribution in [-0.2, 0) is 26.3 Å². The van der Waals surface area contributed by atoms with E-state index in [0.29, 0.717) is 24.1 Å². The molecule has 2 aromatic rings. The number of anilines is 1. The van der Waals surface area contributed by atoms with E-state index in [1.54, 1.807) is 29.2 Å². The van der Waals surface area contributed by atoms with Crippen molar-refractivity contribution in [3.8, 4) is 0 Å². The summed E-state index contributed by atoms with van der Waals surface area (Å²) < 4.78 is 19.3. The number of nitrogens with one attached hydrogen (secondary N) is 2. The Morgan fingerprint density at radius 2 is 1.95 bits per heavy atom. The SMILES string of the molecule is CNC(=O)Nc1ccc2c(c1)CC[C@@]21OC(=O)N(CC(=O)N2[C@H](C)CC[C@@H]2c2ccc(F)cc2C)C1=O. The molecule has 9 nitrogen and oxygen atoms in total. The van der Waals surface area contributed by atoms with E-state index in [2.05, 4.69) is 10.6 Å². The number of aryl methyl sites for hydroxylation is 2. The topological polar surface area (TPSA) is 108 Å². The van der Waals surface area contributed by atoms with Crippen LogP contribution in [0.2, 0.25) is 0 Å². The van der Waals surface area contributed by atoms with Crippen LogP contribution in [0.3, 0.4) is 0 Å². The molecule has 3 atom stereocenters. The molecule has 5 rings (SSSR count). The minimum Gasteiger partial charge on any atom is -0.427 e. The van der Waals surface area contributed by atoms with Crippen molar-refractivity contribution in [2.24, 2.45) is 0 Å². The van der Waals surface area contributed by atoms with Gasteiger partial charge in [0.25, 0.3) is 5.91 Å². The molecule has 1 aliphatic carbocycles. The third kappa shape index (κ3) is 4.10. The zero-order chi connectivity index (χ0) is 26.5. The summed E-state index contributed by atoms with van der Waals surface area (Å²) in [5, 5.41) is 5.17. The highest BCUT2D eigenvalue weighted by Gasteiger charge is 2.58. The first-order valence-electron chi connectivity index (χ1n) is 12.4. The summed E-state index contributed by atoms with van der Waals surface area (Å²) in [6, 6.07) is 8.89.